The monoisotopic (exact) mass is 336 g/mol. The van der Waals surface area contributed by atoms with Gasteiger partial charge in [-0.3, -0.25) is 0 Å². The van der Waals surface area contributed by atoms with Crippen LogP contribution in [-0.4, -0.2) is 10.1 Å². The standard InChI is InChI=1S/C19H13ClN2O2/c20-16-7-9-17(10-8-16)23-12-18-21-19(24-22-18)15-6-5-13-3-1-2-4-14(13)11-15/h1-11H,12H2. The van der Waals surface area contributed by atoms with E-state index in [4.69, 9.17) is 20.9 Å². The van der Waals surface area contributed by atoms with Crippen LogP contribution in [0.2, 0.25) is 5.02 Å². The predicted octanol–water partition coefficient (Wildman–Crippen LogP) is 5.12. The molecule has 24 heavy (non-hydrogen) atoms. The minimum absolute atomic E-state index is 0.235. The molecule has 0 N–H and O–H groups in total. The lowest BCUT2D eigenvalue weighted by atomic mass is 10.1. The largest absolute Gasteiger partial charge is 0.485 e. The summed E-state index contributed by atoms with van der Waals surface area (Å²) in [6.45, 7) is 0.235. The molecule has 0 saturated carbocycles. The van der Waals surface area contributed by atoms with E-state index in [2.05, 4.69) is 22.3 Å². The lowest BCUT2D eigenvalue weighted by molar-refractivity contribution is 0.287. The Hall–Kier alpha value is -2.85. The van der Waals surface area contributed by atoms with Crippen LogP contribution >= 0.6 is 11.6 Å². The lowest BCUT2D eigenvalue weighted by Crippen LogP contribution is -1.97. The molecule has 0 amide bonds. The molecule has 1 heterocycles. The number of aromatic nitrogens is 2. The van der Waals surface area contributed by atoms with Gasteiger partial charge in [-0.05, 0) is 47.2 Å². The van der Waals surface area contributed by atoms with E-state index in [1.807, 2.05) is 30.3 Å². The molecular formula is C19H13ClN2O2. The van der Waals surface area contributed by atoms with Crippen molar-refractivity contribution in [1.82, 2.24) is 10.1 Å². The first-order chi connectivity index (χ1) is 11.8. The van der Waals surface area contributed by atoms with Gasteiger partial charge in [0.25, 0.3) is 5.89 Å². The van der Waals surface area contributed by atoms with Gasteiger partial charge in [-0.25, -0.2) is 0 Å². The number of nitrogens with zero attached hydrogens (tertiary/aromatic N) is 2. The van der Waals surface area contributed by atoms with Crippen molar-refractivity contribution in [3.63, 3.8) is 0 Å². The highest BCUT2D eigenvalue weighted by Gasteiger charge is 2.10. The third-order valence-electron chi connectivity index (χ3n) is 3.65. The molecule has 0 fully saturated rings. The van der Waals surface area contributed by atoms with E-state index in [-0.39, 0.29) is 6.61 Å². The quantitative estimate of drug-likeness (QED) is 0.519. The molecule has 0 aliphatic rings. The summed E-state index contributed by atoms with van der Waals surface area (Å²) >= 11 is 5.85. The van der Waals surface area contributed by atoms with Crippen molar-refractivity contribution in [2.24, 2.45) is 0 Å². The summed E-state index contributed by atoms with van der Waals surface area (Å²) in [6.07, 6.45) is 0. The van der Waals surface area contributed by atoms with Crippen LogP contribution in [0.3, 0.4) is 0 Å². The topological polar surface area (TPSA) is 48.2 Å². The molecule has 1 aromatic heterocycles. The van der Waals surface area contributed by atoms with Crippen molar-refractivity contribution in [3.8, 4) is 17.2 Å². The fourth-order valence-electron chi connectivity index (χ4n) is 2.43. The van der Waals surface area contributed by atoms with Crippen molar-refractivity contribution < 1.29 is 9.26 Å². The van der Waals surface area contributed by atoms with E-state index in [0.29, 0.717) is 22.5 Å². The van der Waals surface area contributed by atoms with Gasteiger partial charge in [0.1, 0.15) is 5.75 Å². The van der Waals surface area contributed by atoms with Gasteiger partial charge in [0, 0.05) is 10.6 Å². The fourth-order valence-corrected chi connectivity index (χ4v) is 2.56. The number of hydrogen-bond acceptors (Lipinski definition) is 4. The van der Waals surface area contributed by atoms with Crippen LogP contribution < -0.4 is 4.74 Å². The molecule has 0 spiro atoms. The van der Waals surface area contributed by atoms with Crippen molar-refractivity contribution in [1.29, 1.82) is 0 Å². The number of fused-ring (bicyclic) bond motifs is 1. The zero-order valence-corrected chi connectivity index (χ0v) is 13.4. The van der Waals surface area contributed by atoms with E-state index in [0.717, 1.165) is 10.9 Å². The summed E-state index contributed by atoms with van der Waals surface area (Å²) in [6, 6.07) is 21.3. The van der Waals surface area contributed by atoms with Gasteiger partial charge in [-0.2, -0.15) is 4.98 Å². The predicted molar refractivity (Wildman–Crippen MR) is 93.0 cm³/mol. The molecule has 0 radical (unpaired) electrons. The minimum Gasteiger partial charge on any atom is -0.485 e. The van der Waals surface area contributed by atoms with E-state index in [1.165, 1.54) is 5.39 Å². The van der Waals surface area contributed by atoms with Crippen LogP contribution in [0.25, 0.3) is 22.2 Å². The maximum absolute atomic E-state index is 5.85. The molecule has 4 rings (SSSR count). The summed E-state index contributed by atoms with van der Waals surface area (Å²) < 4.78 is 11.0. The molecule has 118 valence electrons. The zero-order valence-electron chi connectivity index (χ0n) is 12.6. The molecular weight excluding hydrogens is 324 g/mol. The summed E-state index contributed by atoms with van der Waals surface area (Å²) in [7, 11) is 0. The zero-order chi connectivity index (χ0) is 16.4. The van der Waals surface area contributed by atoms with Gasteiger partial charge in [-0.15, -0.1) is 0 Å². The summed E-state index contributed by atoms with van der Waals surface area (Å²) in [5.41, 5.74) is 0.888. The molecule has 4 aromatic rings. The number of rotatable bonds is 4. The van der Waals surface area contributed by atoms with Gasteiger partial charge < -0.3 is 9.26 Å². The van der Waals surface area contributed by atoms with E-state index in [1.54, 1.807) is 24.3 Å². The smallest absolute Gasteiger partial charge is 0.258 e. The van der Waals surface area contributed by atoms with Crippen molar-refractivity contribution in [2.75, 3.05) is 0 Å². The van der Waals surface area contributed by atoms with E-state index >= 15 is 0 Å². The van der Waals surface area contributed by atoms with Crippen LogP contribution in [0.1, 0.15) is 5.82 Å². The van der Waals surface area contributed by atoms with Crippen LogP contribution in [0.15, 0.2) is 71.3 Å². The normalized spacial score (nSPS) is 10.9. The first-order valence-electron chi connectivity index (χ1n) is 7.48. The SMILES string of the molecule is Clc1ccc(OCc2noc(-c3ccc4ccccc4c3)n2)cc1. The van der Waals surface area contributed by atoms with Gasteiger partial charge in [0.05, 0.1) is 0 Å². The highest BCUT2D eigenvalue weighted by molar-refractivity contribution is 6.30. The maximum Gasteiger partial charge on any atom is 0.258 e. The van der Waals surface area contributed by atoms with E-state index < -0.39 is 0 Å². The Morgan fingerprint density at radius 1 is 0.917 bits per heavy atom. The average Bonchev–Trinajstić information content (AvgIpc) is 3.10. The summed E-state index contributed by atoms with van der Waals surface area (Å²) in [5.74, 6) is 1.68. The molecule has 0 saturated heterocycles. The summed E-state index contributed by atoms with van der Waals surface area (Å²) in [4.78, 5) is 4.39. The molecule has 0 unspecified atom stereocenters. The van der Waals surface area contributed by atoms with Crippen LogP contribution in [0.5, 0.6) is 5.75 Å². The van der Waals surface area contributed by atoms with Crippen LogP contribution in [0.4, 0.5) is 0 Å². The second-order valence-electron chi connectivity index (χ2n) is 5.32. The Bertz CT molecular complexity index is 980. The van der Waals surface area contributed by atoms with E-state index in [9.17, 15) is 0 Å². The fraction of sp³-hybridized carbons (Fsp3) is 0.0526. The molecule has 0 bridgehead atoms. The van der Waals surface area contributed by atoms with Crippen LogP contribution in [-0.2, 0) is 6.61 Å². The lowest BCUT2D eigenvalue weighted by Gasteiger charge is -2.02. The molecule has 0 atom stereocenters. The Kier molecular flexibility index (Phi) is 3.89. The Labute approximate surface area is 143 Å². The van der Waals surface area contributed by atoms with Gasteiger partial charge in [-0.1, -0.05) is 47.1 Å². The number of halogens is 1. The third kappa shape index (κ3) is 3.09. The Morgan fingerprint density at radius 2 is 1.71 bits per heavy atom. The molecule has 5 heteroatoms. The molecule has 3 aromatic carbocycles. The second kappa shape index (κ2) is 6.34. The number of ether oxygens (including phenoxy) is 1. The van der Waals surface area contributed by atoms with Gasteiger partial charge in [0.2, 0.25) is 5.82 Å². The number of hydrogen-bond donors (Lipinski definition) is 0. The molecule has 0 aliphatic heterocycles. The van der Waals surface area contributed by atoms with Crippen LogP contribution in [0, 0.1) is 0 Å². The van der Waals surface area contributed by atoms with Crippen molar-refractivity contribution in [3.05, 3.63) is 77.6 Å². The highest BCUT2D eigenvalue weighted by atomic mass is 35.5. The highest BCUT2D eigenvalue weighted by Crippen LogP contribution is 2.23. The number of benzene rings is 3. The van der Waals surface area contributed by atoms with Crippen molar-refractivity contribution in [2.45, 2.75) is 6.61 Å². The molecule has 4 nitrogen and oxygen atoms in total. The first-order valence-corrected chi connectivity index (χ1v) is 7.86. The Morgan fingerprint density at radius 3 is 2.54 bits per heavy atom. The first kappa shape index (κ1) is 14.7. The van der Waals surface area contributed by atoms with Gasteiger partial charge in [0.15, 0.2) is 6.61 Å². The third-order valence-corrected chi connectivity index (χ3v) is 3.90. The van der Waals surface area contributed by atoms with Gasteiger partial charge >= 0.3 is 0 Å². The molecule has 0 aliphatic carbocycles. The van der Waals surface area contributed by atoms with Crippen molar-refractivity contribution >= 4 is 22.4 Å². The Balaban J connectivity index is 1.52. The average molecular weight is 337 g/mol. The minimum atomic E-state index is 0.235. The second-order valence-corrected chi connectivity index (χ2v) is 5.76. The summed E-state index contributed by atoms with van der Waals surface area (Å²) in [5, 5.41) is 6.94. The maximum atomic E-state index is 5.85.